The third-order valence-corrected chi connectivity index (χ3v) is 4.40. The maximum Gasteiger partial charge on any atom is 0.273 e. The minimum absolute atomic E-state index is 0.0515. The van der Waals surface area contributed by atoms with Gasteiger partial charge in [0.15, 0.2) is 11.5 Å². The van der Waals surface area contributed by atoms with Crippen molar-refractivity contribution in [2.75, 3.05) is 14.2 Å². The van der Waals surface area contributed by atoms with Crippen molar-refractivity contribution in [2.24, 2.45) is 5.16 Å². The van der Waals surface area contributed by atoms with Crippen LogP contribution in [0, 0.1) is 24.9 Å². The van der Waals surface area contributed by atoms with Gasteiger partial charge in [0.25, 0.3) is 17.7 Å². The molecule has 0 saturated carbocycles. The predicted molar refractivity (Wildman–Crippen MR) is 110 cm³/mol. The first-order chi connectivity index (χ1) is 15.0. The number of hydrogen-bond acceptors (Lipinski definition) is 7. The van der Waals surface area contributed by atoms with Crippen LogP contribution in [0.2, 0.25) is 5.02 Å². The summed E-state index contributed by atoms with van der Waals surface area (Å²) in [7, 11) is 2.71. The second-order valence-electron chi connectivity index (χ2n) is 5.91. The van der Waals surface area contributed by atoms with E-state index >= 15 is 4.39 Å². The lowest BCUT2D eigenvalue weighted by atomic mass is 10.1. The van der Waals surface area contributed by atoms with Gasteiger partial charge in [-0.05, 0) is 37.3 Å². The summed E-state index contributed by atoms with van der Waals surface area (Å²) in [6.45, 7) is 1.73. The standard InChI is InChI=1S/C21H16ClFN4O4/c1-12-14(22)8-6-10-15(12)30-20-17(23)21(26-11-25-20)31-16-9-5-4-7-13(16)18(27-29-3)19(28)24-2/h4,6-8,10-11H,1-3H3,(H,24,28)/b27-18+. The first kappa shape index (κ1) is 21.8. The number of carbonyl (C=O) groups is 1. The molecule has 0 fully saturated rings. The summed E-state index contributed by atoms with van der Waals surface area (Å²) in [6, 6.07) is 13.3. The molecule has 8 nitrogen and oxygen atoms in total. The Bertz CT molecular complexity index is 1140. The zero-order chi connectivity index (χ0) is 22.4. The number of likely N-dealkylation sites (N-methyl/N-ethyl adjacent to an activating group) is 1. The molecule has 0 aliphatic carbocycles. The second kappa shape index (κ2) is 9.73. The number of nitrogens with one attached hydrogen (secondary N) is 1. The topological polar surface area (TPSA) is 94.9 Å². The van der Waals surface area contributed by atoms with Crippen LogP contribution in [0.1, 0.15) is 11.1 Å². The number of oxime groups is 1. The quantitative estimate of drug-likeness (QED) is 0.441. The number of aromatic nitrogens is 2. The highest BCUT2D eigenvalue weighted by Gasteiger charge is 2.22. The van der Waals surface area contributed by atoms with Crippen LogP contribution in [0.5, 0.6) is 23.3 Å². The first-order valence-electron chi connectivity index (χ1n) is 8.83. The van der Waals surface area contributed by atoms with Crippen molar-refractivity contribution in [3.63, 3.8) is 0 Å². The lowest BCUT2D eigenvalue weighted by molar-refractivity contribution is -0.114. The highest BCUT2D eigenvalue weighted by molar-refractivity contribution is 6.45. The Kier molecular flexibility index (Phi) is 6.85. The SMILES string of the molecule is CNC(=O)/C(=N/OC)c1ccc#cc1Oc1ncnc(Oc2cccc(Cl)c2C)c1F. The van der Waals surface area contributed by atoms with Crippen molar-refractivity contribution < 1.29 is 23.5 Å². The molecule has 1 amide bonds. The Morgan fingerprint density at radius 1 is 1.23 bits per heavy atom. The summed E-state index contributed by atoms with van der Waals surface area (Å²) in [4.78, 5) is 24.5. The molecule has 10 heteroatoms. The highest BCUT2D eigenvalue weighted by atomic mass is 35.5. The van der Waals surface area contributed by atoms with Gasteiger partial charge in [-0.15, -0.1) is 0 Å². The van der Waals surface area contributed by atoms with Gasteiger partial charge in [0.1, 0.15) is 19.2 Å². The van der Waals surface area contributed by atoms with Crippen molar-refractivity contribution in [3.8, 4) is 23.3 Å². The fraction of sp³-hybridized carbons (Fsp3) is 0.143. The fourth-order valence-corrected chi connectivity index (χ4v) is 2.61. The molecule has 0 saturated heterocycles. The Morgan fingerprint density at radius 2 is 1.97 bits per heavy atom. The molecular formula is C21H16ClFN4O4. The molecule has 3 rings (SSSR count). The molecule has 0 aliphatic rings. The summed E-state index contributed by atoms with van der Waals surface area (Å²) >= 11 is 6.08. The lowest BCUT2D eigenvalue weighted by Gasteiger charge is -2.12. The molecular weight excluding hydrogens is 427 g/mol. The largest absolute Gasteiger partial charge is 0.436 e. The van der Waals surface area contributed by atoms with Gasteiger partial charge in [-0.25, -0.2) is 0 Å². The monoisotopic (exact) mass is 442 g/mol. The molecule has 3 aromatic rings. The average Bonchev–Trinajstić information content (AvgIpc) is 2.78. The van der Waals surface area contributed by atoms with Crippen LogP contribution < -0.4 is 14.8 Å². The number of ether oxygens (including phenoxy) is 2. The Labute approximate surface area is 182 Å². The smallest absolute Gasteiger partial charge is 0.273 e. The third kappa shape index (κ3) is 4.82. The summed E-state index contributed by atoms with van der Waals surface area (Å²) in [5.74, 6) is -2.05. The Morgan fingerprint density at radius 3 is 2.68 bits per heavy atom. The van der Waals surface area contributed by atoms with E-state index in [9.17, 15) is 4.79 Å². The molecule has 1 heterocycles. The zero-order valence-electron chi connectivity index (χ0n) is 16.7. The molecule has 0 atom stereocenters. The maximum atomic E-state index is 15.0. The molecule has 0 unspecified atom stereocenters. The second-order valence-corrected chi connectivity index (χ2v) is 6.32. The van der Waals surface area contributed by atoms with E-state index in [1.54, 1.807) is 25.1 Å². The number of amides is 1. The van der Waals surface area contributed by atoms with E-state index in [1.807, 2.05) is 0 Å². The van der Waals surface area contributed by atoms with Gasteiger partial charge < -0.3 is 19.6 Å². The molecule has 31 heavy (non-hydrogen) atoms. The maximum absolute atomic E-state index is 15.0. The van der Waals surface area contributed by atoms with E-state index in [2.05, 4.69) is 32.6 Å². The number of hydrogen-bond donors (Lipinski definition) is 1. The molecule has 2 aromatic carbocycles. The average molecular weight is 443 g/mol. The van der Waals surface area contributed by atoms with Crippen molar-refractivity contribution in [2.45, 2.75) is 6.92 Å². The van der Waals surface area contributed by atoms with Crippen LogP contribution in [-0.2, 0) is 9.63 Å². The molecule has 1 N–H and O–H groups in total. The van der Waals surface area contributed by atoms with E-state index in [4.69, 9.17) is 25.9 Å². The van der Waals surface area contributed by atoms with Gasteiger partial charge in [-0.3, -0.25) is 4.79 Å². The lowest BCUT2D eigenvalue weighted by Crippen LogP contribution is -2.28. The van der Waals surface area contributed by atoms with Gasteiger partial charge in [0.05, 0.1) is 5.56 Å². The van der Waals surface area contributed by atoms with Crippen LogP contribution in [0.4, 0.5) is 4.39 Å². The van der Waals surface area contributed by atoms with Crippen LogP contribution in [0.15, 0.2) is 41.8 Å². The summed E-state index contributed by atoms with van der Waals surface area (Å²) < 4.78 is 26.1. The molecule has 0 bridgehead atoms. The van der Waals surface area contributed by atoms with Crippen molar-refractivity contribution in [3.05, 3.63) is 70.8 Å². The van der Waals surface area contributed by atoms with Crippen molar-refractivity contribution in [1.29, 1.82) is 0 Å². The number of rotatable bonds is 7. The van der Waals surface area contributed by atoms with Crippen molar-refractivity contribution in [1.82, 2.24) is 15.3 Å². The Hall–Kier alpha value is -3.90. The van der Waals surface area contributed by atoms with Gasteiger partial charge >= 0.3 is 0 Å². The van der Waals surface area contributed by atoms with Crippen LogP contribution in [-0.4, -0.2) is 35.7 Å². The molecule has 158 valence electrons. The minimum atomic E-state index is -0.963. The Balaban J connectivity index is 1.96. The van der Waals surface area contributed by atoms with Crippen LogP contribution >= 0.6 is 11.6 Å². The van der Waals surface area contributed by atoms with Gasteiger partial charge in [0, 0.05) is 17.6 Å². The first-order valence-corrected chi connectivity index (χ1v) is 9.21. The van der Waals surface area contributed by atoms with E-state index in [-0.39, 0.29) is 22.9 Å². The molecule has 0 spiro atoms. The zero-order valence-corrected chi connectivity index (χ0v) is 17.5. The summed E-state index contributed by atoms with van der Waals surface area (Å²) in [6.07, 6.45) is 1.07. The number of halogens is 2. The minimum Gasteiger partial charge on any atom is -0.436 e. The summed E-state index contributed by atoms with van der Waals surface area (Å²) in [5, 5.41) is 6.61. The third-order valence-electron chi connectivity index (χ3n) is 3.99. The van der Waals surface area contributed by atoms with Crippen LogP contribution in [0.25, 0.3) is 0 Å². The summed E-state index contributed by atoms with van der Waals surface area (Å²) in [5.41, 5.74) is 0.695. The number of nitrogens with zero attached hydrogens (tertiary/aromatic N) is 3. The fourth-order valence-electron chi connectivity index (χ4n) is 2.44. The normalized spacial score (nSPS) is 10.8. The number of benzene rings is 1. The molecule has 0 aliphatic heterocycles. The van der Waals surface area contributed by atoms with E-state index < -0.39 is 17.6 Å². The van der Waals surface area contributed by atoms with E-state index in [1.165, 1.54) is 26.3 Å². The van der Waals surface area contributed by atoms with Gasteiger partial charge in [-0.2, -0.15) is 14.4 Å². The van der Waals surface area contributed by atoms with E-state index in [0.29, 0.717) is 16.3 Å². The van der Waals surface area contributed by atoms with Gasteiger partial charge in [-0.1, -0.05) is 28.9 Å². The van der Waals surface area contributed by atoms with Crippen molar-refractivity contribution >= 4 is 23.2 Å². The molecule has 0 radical (unpaired) electrons. The molecule has 1 aromatic heterocycles. The highest BCUT2D eigenvalue weighted by Crippen LogP contribution is 2.33. The predicted octanol–water partition coefficient (Wildman–Crippen LogP) is 3.86. The van der Waals surface area contributed by atoms with Gasteiger partial charge in [0.2, 0.25) is 5.82 Å². The van der Waals surface area contributed by atoms with Crippen LogP contribution in [0.3, 0.4) is 0 Å². The number of carbonyl (C=O) groups excluding carboxylic acids is 1. The van der Waals surface area contributed by atoms with E-state index in [0.717, 1.165) is 6.33 Å².